The summed E-state index contributed by atoms with van der Waals surface area (Å²) in [4.78, 5) is 4.35. The summed E-state index contributed by atoms with van der Waals surface area (Å²) in [7, 11) is 0. The Hall–Kier alpha value is -1.85. The molecule has 106 valence electrons. The van der Waals surface area contributed by atoms with Crippen molar-refractivity contribution in [3.05, 3.63) is 63.3 Å². The van der Waals surface area contributed by atoms with Crippen molar-refractivity contribution in [2.45, 2.75) is 6.42 Å². The Kier molecular flexibility index (Phi) is 3.94. The zero-order valence-electron chi connectivity index (χ0n) is 10.8. The van der Waals surface area contributed by atoms with E-state index in [1.807, 2.05) is 24.3 Å². The average Bonchev–Trinajstić information content (AvgIpc) is 2.93. The molecule has 0 bridgehead atoms. The molecule has 3 rings (SSSR count). The number of hydrogen-bond acceptors (Lipinski definition) is 4. The van der Waals surface area contributed by atoms with Crippen molar-refractivity contribution in [3.63, 3.8) is 0 Å². The maximum absolute atomic E-state index is 9.42. The van der Waals surface area contributed by atoms with Crippen molar-refractivity contribution in [3.8, 4) is 17.2 Å². The van der Waals surface area contributed by atoms with Gasteiger partial charge in [-0.2, -0.15) is 4.98 Å². The quantitative estimate of drug-likeness (QED) is 0.745. The summed E-state index contributed by atoms with van der Waals surface area (Å²) in [5.41, 5.74) is 1.75. The summed E-state index contributed by atoms with van der Waals surface area (Å²) in [5.74, 6) is 0.980. The monoisotopic (exact) mass is 364 g/mol. The van der Waals surface area contributed by atoms with Gasteiger partial charge in [-0.25, -0.2) is 0 Å². The van der Waals surface area contributed by atoms with E-state index in [-0.39, 0.29) is 10.8 Å². The second kappa shape index (κ2) is 5.87. The number of nitrogens with zero attached hydrogens (tertiary/aromatic N) is 2. The first-order chi connectivity index (χ1) is 10.1. The number of benzene rings is 2. The first-order valence-electron chi connectivity index (χ1n) is 6.18. The summed E-state index contributed by atoms with van der Waals surface area (Å²) in [6.07, 6.45) is 0.566. The zero-order chi connectivity index (χ0) is 14.8. The third-order valence-electron chi connectivity index (χ3n) is 2.97. The number of rotatable bonds is 3. The van der Waals surface area contributed by atoms with Gasteiger partial charge in [0, 0.05) is 16.5 Å². The van der Waals surface area contributed by atoms with Gasteiger partial charge in [0.15, 0.2) is 5.82 Å². The Labute approximate surface area is 134 Å². The average molecular weight is 366 g/mol. The predicted octanol–water partition coefficient (Wildman–Crippen LogP) is 4.45. The molecule has 21 heavy (non-hydrogen) atoms. The van der Waals surface area contributed by atoms with Crippen molar-refractivity contribution < 1.29 is 9.63 Å². The Morgan fingerprint density at radius 1 is 1.19 bits per heavy atom. The summed E-state index contributed by atoms with van der Waals surface area (Å²) in [5, 5.41) is 13.6. The first kappa shape index (κ1) is 14.1. The second-order valence-corrected chi connectivity index (χ2v) is 5.71. The van der Waals surface area contributed by atoms with E-state index in [9.17, 15) is 5.11 Å². The Morgan fingerprint density at radius 2 is 2.00 bits per heavy atom. The van der Waals surface area contributed by atoms with E-state index in [4.69, 9.17) is 16.1 Å². The van der Waals surface area contributed by atoms with E-state index in [0.717, 1.165) is 10.0 Å². The molecule has 1 heterocycles. The highest BCUT2D eigenvalue weighted by atomic mass is 79.9. The van der Waals surface area contributed by atoms with E-state index in [1.54, 1.807) is 12.1 Å². The summed E-state index contributed by atoms with van der Waals surface area (Å²) >= 11 is 9.37. The molecule has 0 aliphatic carbocycles. The molecule has 3 aromatic rings. The molecular formula is C15H10BrClN2O2. The minimum Gasteiger partial charge on any atom is -0.506 e. The smallest absolute Gasteiger partial charge is 0.257 e. The standard InChI is InChI=1S/C15H10BrClN2O2/c16-11-4-2-1-3-9(11)8-14-18-15(21-19-14)10-5-6-13(20)12(17)7-10/h1-7,20H,8H2. The van der Waals surface area contributed by atoms with E-state index in [1.165, 1.54) is 6.07 Å². The summed E-state index contributed by atoms with van der Waals surface area (Å²) in [6.45, 7) is 0. The lowest BCUT2D eigenvalue weighted by molar-refractivity contribution is 0.423. The van der Waals surface area contributed by atoms with Gasteiger partial charge in [0.25, 0.3) is 5.89 Å². The minimum atomic E-state index is 0.0216. The fourth-order valence-corrected chi connectivity index (χ4v) is 2.50. The normalized spacial score (nSPS) is 10.8. The number of aromatic nitrogens is 2. The highest BCUT2D eigenvalue weighted by molar-refractivity contribution is 9.10. The van der Waals surface area contributed by atoms with Crippen LogP contribution < -0.4 is 0 Å². The van der Waals surface area contributed by atoms with Crippen molar-refractivity contribution in [2.75, 3.05) is 0 Å². The fourth-order valence-electron chi connectivity index (χ4n) is 1.90. The molecule has 0 unspecified atom stereocenters. The number of aromatic hydroxyl groups is 1. The number of halogens is 2. The van der Waals surface area contributed by atoms with Crippen LogP contribution in [0.1, 0.15) is 11.4 Å². The largest absolute Gasteiger partial charge is 0.506 e. The molecule has 1 aromatic heterocycles. The van der Waals surface area contributed by atoms with Gasteiger partial charge in [0.05, 0.1) is 5.02 Å². The van der Waals surface area contributed by atoms with E-state index < -0.39 is 0 Å². The molecule has 0 aliphatic rings. The molecule has 0 fully saturated rings. The maximum Gasteiger partial charge on any atom is 0.257 e. The lowest BCUT2D eigenvalue weighted by Crippen LogP contribution is -1.91. The summed E-state index contributed by atoms with van der Waals surface area (Å²) < 4.78 is 6.24. The third-order valence-corrected chi connectivity index (χ3v) is 4.05. The molecular weight excluding hydrogens is 356 g/mol. The molecule has 2 aromatic carbocycles. The van der Waals surface area contributed by atoms with Gasteiger partial charge in [-0.05, 0) is 29.8 Å². The minimum absolute atomic E-state index is 0.0216. The topological polar surface area (TPSA) is 59.2 Å². The number of phenolic OH excluding ortho intramolecular Hbond substituents is 1. The molecule has 4 nitrogen and oxygen atoms in total. The van der Waals surface area contributed by atoms with Crippen LogP contribution in [0.15, 0.2) is 51.5 Å². The number of phenols is 1. The molecule has 0 radical (unpaired) electrons. The van der Waals surface area contributed by atoms with E-state index in [0.29, 0.717) is 23.7 Å². The number of hydrogen-bond donors (Lipinski definition) is 1. The van der Waals surface area contributed by atoms with Gasteiger partial charge in [0.2, 0.25) is 0 Å². The van der Waals surface area contributed by atoms with Crippen LogP contribution in [0.3, 0.4) is 0 Å². The molecule has 0 atom stereocenters. The zero-order valence-corrected chi connectivity index (χ0v) is 13.1. The molecule has 1 N–H and O–H groups in total. The van der Waals surface area contributed by atoms with Crippen LogP contribution in [0.2, 0.25) is 5.02 Å². The lowest BCUT2D eigenvalue weighted by atomic mass is 10.1. The lowest BCUT2D eigenvalue weighted by Gasteiger charge is -1.99. The Morgan fingerprint density at radius 3 is 2.76 bits per heavy atom. The Balaban J connectivity index is 1.86. The maximum atomic E-state index is 9.42. The van der Waals surface area contributed by atoms with Crippen LogP contribution in [-0.2, 0) is 6.42 Å². The van der Waals surface area contributed by atoms with Crippen LogP contribution in [0.4, 0.5) is 0 Å². The van der Waals surface area contributed by atoms with Gasteiger partial charge >= 0.3 is 0 Å². The van der Waals surface area contributed by atoms with Crippen LogP contribution in [0, 0.1) is 0 Å². The van der Waals surface area contributed by atoms with Crippen molar-refractivity contribution in [2.24, 2.45) is 0 Å². The highest BCUT2D eigenvalue weighted by Crippen LogP contribution is 2.28. The summed E-state index contributed by atoms with van der Waals surface area (Å²) in [6, 6.07) is 12.6. The van der Waals surface area contributed by atoms with Crippen LogP contribution >= 0.6 is 27.5 Å². The molecule has 0 spiro atoms. The van der Waals surface area contributed by atoms with E-state index >= 15 is 0 Å². The Bertz CT molecular complexity index is 789. The van der Waals surface area contributed by atoms with Crippen molar-refractivity contribution in [1.29, 1.82) is 0 Å². The van der Waals surface area contributed by atoms with Crippen LogP contribution in [0.25, 0.3) is 11.5 Å². The predicted molar refractivity (Wildman–Crippen MR) is 83.4 cm³/mol. The van der Waals surface area contributed by atoms with Gasteiger partial charge in [0.1, 0.15) is 5.75 Å². The van der Waals surface area contributed by atoms with Gasteiger partial charge < -0.3 is 9.63 Å². The van der Waals surface area contributed by atoms with Crippen molar-refractivity contribution >= 4 is 27.5 Å². The van der Waals surface area contributed by atoms with Gasteiger partial charge in [-0.3, -0.25) is 0 Å². The third kappa shape index (κ3) is 3.09. The van der Waals surface area contributed by atoms with Crippen LogP contribution in [-0.4, -0.2) is 15.2 Å². The molecule has 0 saturated heterocycles. The molecule has 0 amide bonds. The van der Waals surface area contributed by atoms with E-state index in [2.05, 4.69) is 26.1 Å². The first-order valence-corrected chi connectivity index (χ1v) is 7.35. The molecule has 0 aliphatic heterocycles. The van der Waals surface area contributed by atoms with Crippen molar-refractivity contribution in [1.82, 2.24) is 10.1 Å². The molecule has 0 saturated carbocycles. The highest BCUT2D eigenvalue weighted by Gasteiger charge is 2.12. The van der Waals surface area contributed by atoms with Gasteiger partial charge in [-0.1, -0.05) is 50.9 Å². The SMILES string of the molecule is Oc1ccc(-c2nc(Cc3ccccc3Br)no2)cc1Cl. The van der Waals surface area contributed by atoms with Gasteiger partial charge in [-0.15, -0.1) is 0 Å². The molecule has 6 heteroatoms. The second-order valence-electron chi connectivity index (χ2n) is 4.45. The van der Waals surface area contributed by atoms with Crippen LogP contribution in [0.5, 0.6) is 5.75 Å². The fraction of sp³-hybridized carbons (Fsp3) is 0.0667.